The first-order chi connectivity index (χ1) is 10.2. The van der Waals surface area contributed by atoms with Crippen molar-refractivity contribution in [1.29, 1.82) is 0 Å². The molecule has 5 nitrogen and oxygen atoms in total. The number of hydrogen-bond acceptors (Lipinski definition) is 3. The molecule has 1 aromatic carbocycles. The molecule has 3 rings (SSSR count). The molecule has 5 heteroatoms. The zero-order valence-electron chi connectivity index (χ0n) is 11.9. The highest BCUT2D eigenvalue weighted by Crippen LogP contribution is 2.19. The number of para-hydroxylation sites is 2. The Kier molecular flexibility index (Phi) is 3.39. The van der Waals surface area contributed by atoms with Gasteiger partial charge < -0.3 is 9.88 Å². The predicted molar refractivity (Wildman–Crippen MR) is 82.0 cm³/mol. The van der Waals surface area contributed by atoms with E-state index in [1.165, 1.54) is 0 Å². The topological polar surface area (TPSA) is 59.8 Å². The van der Waals surface area contributed by atoms with Crippen molar-refractivity contribution in [3.63, 3.8) is 0 Å². The Morgan fingerprint density at radius 1 is 1.19 bits per heavy atom. The molecule has 3 aromatic rings. The Morgan fingerprint density at radius 3 is 2.81 bits per heavy atom. The molecule has 0 radical (unpaired) electrons. The van der Waals surface area contributed by atoms with Crippen LogP contribution in [0.25, 0.3) is 11.0 Å². The smallest absolute Gasteiger partial charge is 0.248 e. The van der Waals surface area contributed by atoms with Gasteiger partial charge in [-0.25, -0.2) is 9.97 Å². The summed E-state index contributed by atoms with van der Waals surface area (Å²) < 4.78 is 1.86. The maximum atomic E-state index is 12.4. The number of aromatic nitrogens is 3. The number of pyridine rings is 1. The van der Waals surface area contributed by atoms with Gasteiger partial charge in [0.15, 0.2) is 0 Å². The number of anilines is 1. The number of aryl methyl sites for hydroxylation is 1. The summed E-state index contributed by atoms with van der Waals surface area (Å²) in [4.78, 5) is 20.9. The van der Waals surface area contributed by atoms with Gasteiger partial charge in [-0.2, -0.15) is 0 Å². The zero-order valence-corrected chi connectivity index (χ0v) is 11.9. The maximum Gasteiger partial charge on any atom is 0.248 e. The summed E-state index contributed by atoms with van der Waals surface area (Å²) in [5.74, 6) is 0.485. The van der Waals surface area contributed by atoms with E-state index in [1.807, 2.05) is 54.8 Å². The average molecular weight is 280 g/mol. The number of rotatable bonds is 3. The molecule has 1 N–H and O–H groups in total. The fraction of sp³-hybridized carbons (Fsp3) is 0.188. The van der Waals surface area contributed by atoms with Crippen molar-refractivity contribution in [2.75, 3.05) is 5.32 Å². The highest BCUT2D eigenvalue weighted by Gasteiger charge is 2.18. The van der Waals surface area contributed by atoms with Crippen molar-refractivity contribution < 1.29 is 4.79 Å². The fourth-order valence-electron chi connectivity index (χ4n) is 2.25. The van der Waals surface area contributed by atoms with Gasteiger partial charge in [-0.15, -0.1) is 0 Å². The second-order valence-corrected chi connectivity index (χ2v) is 4.97. The van der Waals surface area contributed by atoms with Crippen molar-refractivity contribution >= 4 is 22.8 Å². The zero-order chi connectivity index (χ0) is 14.8. The van der Waals surface area contributed by atoms with Crippen LogP contribution in [0.5, 0.6) is 0 Å². The van der Waals surface area contributed by atoms with Crippen molar-refractivity contribution in [2.45, 2.75) is 19.9 Å². The fourth-order valence-corrected chi connectivity index (χ4v) is 2.25. The van der Waals surface area contributed by atoms with Gasteiger partial charge in [-0.1, -0.05) is 18.2 Å². The van der Waals surface area contributed by atoms with Crippen LogP contribution < -0.4 is 5.32 Å². The van der Waals surface area contributed by atoms with E-state index in [9.17, 15) is 4.79 Å². The molecule has 0 aliphatic heterocycles. The lowest BCUT2D eigenvalue weighted by molar-refractivity contribution is -0.118. The van der Waals surface area contributed by atoms with Gasteiger partial charge in [0.2, 0.25) is 5.91 Å². The summed E-state index contributed by atoms with van der Waals surface area (Å²) >= 11 is 0. The van der Waals surface area contributed by atoms with E-state index in [0.29, 0.717) is 5.82 Å². The monoisotopic (exact) mass is 280 g/mol. The highest BCUT2D eigenvalue weighted by molar-refractivity contribution is 5.94. The predicted octanol–water partition coefficient (Wildman–Crippen LogP) is 2.94. The number of imidazole rings is 1. The van der Waals surface area contributed by atoms with Gasteiger partial charge in [0.05, 0.1) is 17.4 Å². The van der Waals surface area contributed by atoms with Gasteiger partial charge in [0.25, 0.3) is 0 Å². The molecule has 2 heterocycles. The Hall–Kier alpha value is -2.69. The van der Waals surface area contributed by atoms with Gasteiger partial charge >= 0.3 is 0 Å². The van der Waals surface area contributed by atoms with Crippen LogP contribution in [-0.4, -0.2) is 20.4 Å². The number of fused-ring (bicyclic) bond motifs is 1. The third-order valence-corrected chi connectivity index (χ3v) is 3.53. The quantitative estimate of drug-likeness (QED) is 0.802. The minimum Gasteiger partial charge on any atom is -0.318 e. The first-order valence-corrected chi connectivity index (χ1v) is 6.81. The van der Waals surface area contributed by atoms with Crippen LogP contribution in [0.1, 0.15) is 18.5 Å². The van der Waals surface area contributed by atoms with Crippen molar-refractivity contribution in [2.24, 2.45) is 0 Å². The average Bonchev–Trinajstić information content (AvgIpc) is 2.92. The molecule has 0 fully saturated rings. The van der Waals surface area contributed by atoms with Crippen LogP contribution >= 0.6 is 0 Å². The lowest BCUT2D eigenvalue weighted by Crippen LogP contribution is -2.24. The van der Waals surface area contributed by atoms with Crippen LogP contribution in [0.4, 0.5) is 5.82 Å². The van der Waals surface area contributed by atoms with E-state index < -0.39 is 0 Å². The summed E-state index contributed by atoms with van der Waals surface area (Å²) in [6, 6.07) is 11.2. The van der Waals surface area contributed by atoms with Crippen LogP contribution in [0.3, 0.4) is 0 Å². The Labute approximate surface area is 122 Å². The minimum absolute atomic E-state index is 0.111. The molecule has 2 aromatic heterocycles. The molecular formula is C16H16N4O. The molecule has 1 amide bonds. The Bertz CT molecular complexity index is 794. The second kappa shape index (κ2) is 5.36. The van der Waals surface area contributed by atoms with Crippen LogP contribution in [0, 0.1) is 6.92 Å². The Balaban J connectivity index is 1.86. The van der Waals surface area contributed by atoms with E-state index >= 15 is 0 Å². The number of benzene rings is 1. The minimum atomic E-state index is -0.362. The largest absolute Gasteiger partial charge is 0.318 e. The van der Waals surface area contributed by atoms with E-state index in [1.54, 1.807) is 12.5 Å². The van der Waals surface area contributed by atoms with E-state index in [-0.39, 0.29) is 11.9 Å². The SMILES string of the molecule is Cc1cccnc1NC(=O)C(C)n1cnc2ccccc21. The van der Waals surface area contributed by atoms with Gasteiger partial charge in [0.1, 0.15) is 11.9 Å². The van der Waals surface area contributed by atoms with Crippen LogP contribution in [0.2, 0.25) is 0 Å². The third kappa shape index (κ3) is 2.50. The standard InChI is InChI=1S/C16H16N4O/c1-11-6-5-9-17-15(11)19-16(21)12(2)20-10-18-13-7-3-4-8-14(13)20/h3-10,12H,1-2H3,(H,17,19,21). The third-order valence-electron chi connectivity index (χ3n) is 3.53. The molecule has 0 saturated heterocycles. The number of carbonyl (C=O) groups is 1. The summed E-state index contributed by atoms with van der Waals surface area (Å²) in [6.07, 6.45) is 3.36. The lowest BCUT2D eigenvalue weighted by atomic mass is 10.2. The molecule has 1 atom stereocenters. The van der Waals surface area contributed by atoms with E-state index in [0.717, 1.165) is 16.6 Å². The number of amides is 1. The van der Waals surface area contributed by atoms with Crippen LogP contribution in [0.15, 0.2) is 48.9 Å². The lowest BCUT2D eigenvalue weighted by Gasteiger charge is -2.15. The first-order valence-electron chi connectivity index (χ1n) is 6.81. The Morgan fingerprint density at radius 2 is 2.00 bits per heavy atom. The van der Waals surface area contributed by atoms with Crippen LogP contribution in [-0.2, 0) is 4.79 Å². The molecular weight excluding hydrogens is 264 g/mol. The van der Waals surface area contributed by atoms with Gasteiger partial charge in [-0.05, 0) is 37.6 Å². The van der Waals surface area contributed by atoms with E-state index in [2.05, 4.69) is 15.3 Å². The summed E-state index contributed by atoms with van der Waals surface area (Å²) in [5.41, 5.74) is 2.76. The number of nitrogens with zero attached hydrogens (tertiary/aromatic N) is 3. The van der Waals surface area contributed by atoms with Crippen molar-refractivity contribution in [1.82, 2.24) is 14.5 Å². The van der Waals surface area contributed by atoms with Crippen molar-refractivity contribution in [3.8, 4) is 0 Å². The maximum absolute atomic E-state index is 12.4. The summed E-state index contributed by atoms with van der Waals surface area (Å²) in [6.45, 7) is 3.77. The number of hydrogen-bond donors (Lipinski definition) is 1. The molecule has 0 spiro atoms. The van der Waals surface area contributed by atoms with Gasteiger partial charge in [-0.3, -0.25) is 4.79 Å². The molecule has 21 heavy (non-hydrogen) atoms. The molecule has 1 unspecified atom stereocenters. The molecule has 0 aliphatic carbocycles. The summed E-state index contributed by atoms with van der Waals surface area (Å²) in [5, 5.41) is 2.86. The molecule has 106 valence electrons. The summed E-state index contributed by atoms with van der Waals surface area (Å²) in [7, 11) is 0. The normalized spacial score (nSPS) is 12.3. The number of carbonyl (C=O) groups excluding carboxylic acids is 1. The second-order valence-electron chi connectivity index (χ2n) is 4.97. The van der Waals surface area contributed by atoms with E-state index in [4.69, 9.17) is 0 Å². The highest BCUT2D eigenvalue weighted by atomic mass is 16.2. The molecule has 0 saturated carbocycles. The van der Waals surface area contributed by atoms with Crippen molar-refractivity contribution in [3.05, 3.63) is 54.5 Å². The molecule has 0 aliphatic rings. The first kappa shape index (κ1) is 13.3. The molecule has 0 bridgehead atoms. The van der Waals surface area contributed by atoms with Gasteiger partial charge in [0, 0.05) is 6.20 Å². The number of nitrogens with one attached hydrogen (secondary N) is 1.